The summed E-state index contributed by atoms with van der Waals surface area (Å²) in [6, 6.07) is 0. The number of thiol groups is 1. The predicted molar refractivity (Wildman–Crippen MR) is 53.2 cm³/mol. The van der Waals surface area contributed by atoms with E-state index in [0.717, 1.165) is 19.4 Å². The highest BCUT2D eigenvalue weighted by Crippen LogP contribution is 2.23. The smallest absolute Gasteiger partial charge is 0.223 e. The summed E-state index contributed by atoms with van der Waals surface area (Å²) < 4.78 is 0. The largest absolute Gasteiger partial charge is 0.331 e. The molecule has 0 aliphatic carbocycles. The van der Waals surface area contributed by atoms with Gasteiger partial charge in [-0.25, -0.2) is 0 Å². The van der Waals surface area contributed by atoms with E-state index in [2.05, 4.69) is 26.5 Å². The van der Waals surface area contributed by atoms with Gasteiger partial charge in [-0.05, 0) is 12.3 Å². The summed E-state index contributed by atoms with van der Waals surface area (Å²) in [7, 11) is 0. The quantitative estimate of drug-likeness (QED) is 0.669. The monoisotopic (exact) mass is 187 g/mol. The molecule has 0 spiro atoms. The maximum atomic E-state index is 11.3. The van der Waals surface area contributed by atoms with E-state index in [9.17, 15) is 4.79 Å². The molecule has 1 fully saturated rings. The lowest BCUT2D eigenvalue weighted by molar-refractivity contribution is -0.128. The molecule has 12 heavy (non-hydrogen) atoms. The Morgan fingerprint density at radius 1 is 1.67 bits per heavy atom. The van der Waals surface area contributed by atoms with Crippen LogP contribution in [0.4, 0.5) is 0 Å². The van der Waals surface area contributed by atoms with Gasteiger partial charge in [-0.2, -0.15) is 12.6 Å². The highest BCUT2D eigenvalue weighted by atomic mass is 32.1. The molecule has 3 heteroatoms. The number of amides is 1. The number of carbonyl (C=O) groups is 1. The third-order valence-electron chi connectivity index (χ3n) is 2.58. The van der Waals surface area contributed by atoms with Gasteiger partial charge in [0.15, 0.2) is 0 Å². The van der Waals surface area contributed by atoms with E-state index >= 15 is 0 Å². The van der Waals surface area contributed by atoms with Crippen molar-refractivity contribution in [1.29, 1.82) is 0 Å². The molecule has 0 aromatic heterocycles. The highest BCUT2D eigenvalue weighted by Gasteiger charge is 2.27. The average Bonchev–Trinajstić information content (AvgIpc) is 2.48. The van der Waals surface area contributed by atoms with Gasteiger partial charge in [-0.3, -0.25) is 4.79 Å². The van der Waals surface area contributed by atoms with Crippen LogP contribution in [0, 0.1) is 5.92 Å². The van der Waals surface area contributed by atoms with Crippen LogP contribution in [0.2, 0.25) is 0 Å². The Bertz CT molecular complexity index is 172. The van der Waals surface area contributed by atoms with Crippen LogP contribution >= 0.6 is 12.6 Å². The van der Waals surface area contributed by atoms with Gasteiger partial charge in [0, 0.05) is 13.0 Å². The summed E-state index contributed by atoms with van der Waals surface area (Å²) in [5.74, 6) is 0.769. The molecule has 70 valence electrons. The van der Waals surface area contributed by atoms with Gasteiger partial charge in [0.2, 0.25) is 5.91 Å². The molecule has 1 aliphatic rings. The molecule has 2 unspecified atom stereocenters. The zero-order valence-electron chi connectivity index (χ0n) is 7.79. The fourth-order valence-corrected chi connectivity index (χ4v) is 1.92. The molecule has 2 nitrogen and oxygen atoms in total. The van der Waals surface area contributed by atoms with E-state index in [-0.39, 0.29) is 11.3 Å². The van der Waals surface area contributed by atoms with Crippen molar-refractivity contribution in [2.45, 2.75) is 38.5 Å². The normalized spacial score (nSPS) is 22.9. The summed E-state index contributed by atoms with van der Waals surface area (Å²) in [6.07, 6.45) is 2.80. The van der Waals surface area contributed by atoms with Gasteiger partial charge in [0.1, 0.15) is 0 Å². The molecule has 1 saturated heterocycles. The van der Waals surface area contributed by atoms with Crippen molar-refractivity contribution in [3.05, 3.63) is 0 Å². The first kappa shape index (κ1) is 9.90. The minimum atomic E-state index is 0.130. The van der Waals surface area contributed by atoms with Crippen molar-refractivity contribution in [3.63, 3.8) is 0 Å². The molecule has 1 heterocycles. The van der Waals surface area contributed by atoms with Crippen molar-refractivity contribution in [2.75, 3.05) is 6.54 Å². The maximum absolute atomic E-state index is 11.3. The van der Waals surface area contributed by atoms with E-state index in [0.29, 0.717) is 12.3 Å². The Morgan fingerprint density at radius 3 is 2.75 bits per heavy atom. The number of nitrogens with zero attached hydrogens (tertiary/aromatic N) is 1. The maximum Gasteiger partial charge on any atom is 0.223 e. The average molecular weight is 187 g/mol. The van der Waals surface area contributed by atoms with Crippen LogP contribution in [0.15, 0.2) is 0 Å². The lowest BCUT2D eigenvalue weighted by atomic mass is 10.1. The van der Waals surface area contributed by atoms with Crippen molar-refractivity contribution in [2.24, 2.45) is 5.92 Å². The molecule has 0 aromatic rings. The number of hydrogen-bond donors (Lipinski definition) is 1. The fourth-order valence-electron chi connectivity index (χ4n) is 1.47. The van der Waals surface area contributed by atoms with Crippen LogP contribution in [0.3, 0.4) is 0 Å². The van der Waals surface area contributed by atoms with Crippen LogP contribution in [0.25, 0.3) is 0 Å². The van der Waals surface area contributed by atoms with E-state index < -0.39 is 0 Å². The van der Waals surface area contributed by atoms with Crippen molar-refractivity contribution >= 4 is 18.5 Å². The van der Waals surface area contributed by atoms with Gasteiger partial charge in [0.05, 0.1) is 5.37 Å². The third-order valence-corrected chi connectivity index (χ3v) is 3.37. The summed E-state index contributed by atoms with van der Waals surface area (Å²) >= 11 is 4.46. The van der Waals surface area contributed by atoms with Crippen LogP contribution in [0.1, 0.15) is 33.1 Å². The summed E-state index contributed by atoms with van der Waals surface area (Å²) in [5, 5.41) is 0.130. The van der Waals surface area contributed by atoms with Crippen LogP contribution in [-0.4, -0.2) is 22.7 Å². The highest BCUT2D eigenvalue weighted by molar-refractivity contribution is 7.80. The Hall–Kier alpha value is -0.180. The molecule has 0 radical (unpaired) electrons. The summed E-state index contributed by atoms with van der Waals surface area (Å²) in [5.41, 5.74) is 0. The van der Waals surface area contributed by atoms with E-state index in [4.69, 9.17) is 0 Å². The number of rotatable bonds is 3. The van der Waals surface area contributed by atoms with Crippen molar-refractivity contribution in [1.82, 2.24) is 4.90 Å². The minimum absolute atomic E-state index is 0.130. The van der Waals surface area contributed by atoms with Crippen LogP contribution in [0.5, 0.6) is 0 Å². The Morgan fingerprint density at radius 2 is 2.33 bits per heavy atom. The summed E-state index contributed by atoms with van der Waals surface area (Å²) in [4.78, 5) is 13.2. The first-order valence-electron chi connectivity index (χ1n) is 4.64. The molecular weight excluding hydrogens is 170 g/mol. The second kappa shape index (κ2) is 4.17. The third kappa shape index (κ3) is 1.94. The zero-order chi connectivity index (χ0) is 9.14. The molecule has 0 aromatic carbocycles. The van der Waals surface area contributed by atoms with Crippen LogP contribution < -0.4 is 0 Å². The molecule has 0 bridgehead atoms. The number of likely N-dealkylation sites (tertiary alicyclic amines) is 1. The van der Waals surface area contributed by atoms with E-state index in [1.54, 1.807) is 0 Å². The second-order valence-electron chi connectivity index (χ2n) is 3.49. The molecule has 1 amide bonds. The van der Waals surface area contributed by atoms with Gasteiger partial charge in [-0.15, -0.1) is 0 Å². The number of hydrogen-bond acceptors (Lipinski definition) is 2. The van der Waals surface area contributed by atoms with Crippen molar-refractivity contribution < 1.29 is 4.79 Å². The molecular formula is C9H17NOS. The van der Waals surface area contributed by atoms with E-state index in [1.807, 2.05) is 4.90 Å². The van der Waals surface area contributed by atoms with Crippen LogP contribution in [-0.2, 0) is 4.79 Å². The molecule has 0 saturated carbocycles. The Balaban J connectivity index is 2.51. The first-order chi connectivity index (χ1) is 5.66. The Kier molecular flexibility index (Phi) is 3.44. The first-order valence-corrected chi connectivity index (χ1v) is 5.16. The second-order valence-corrected chi connectivity index (χ2v) is 4.02. The molecule has 2 atom stereocenters. The SMILES string of the molecule is CCC(C)C(S)N1CCCC1=O. The molecule has 0 N–H and O–H groups in total. The van der Waals surface area contributed by atoms with E-state index in [1.165, 1.54) is 0 Å². The molecule has 1 rings (SSSR count). The topological polar surface area (TPSA) is 20.3 Å². The lowest BCUT2D eigenvalue weighted by Gasteiger charge is -2.27. The fraction of sp³-hybridized carbons (Fsp3) is 0.889. The van der Waals surface area contributed by atoms with Gasteiger partial charge in [0.25, 0.3) is 0 Å². The van der Waals surface area contributed by atoms with Gasteiger partial charge in [-0.1, -0.05) is 20.3 Å². The lowest BCUT2D eigenvalue weighted by Crippen LogP contribution is -2.36. The minimum Gasteiger partial charge on any atom is -0.331 e. The van der Waals surface area contributed by atoms with Crippen molar-refractivity contribution in [3.8, 4) is 0 Å². The standard InChI is InChI=1S/C9H17NOS/c1-3-7(2)9(12)10-6-4-5-8(10)11/h7,9,12H,3-6H2,1-2H3. The predicted octanol–water partition coefficient (Wildman–Crippen LogP) is 1.91. The van der Waals surface area contributed by atoms with Gasteiger partial charge >= 0.3 is 0 Å². The molecule has 1 aliphatic heterocycles. The summed E-state index contributed by atoms with van der Waals surface area (Å²) in [6.45, 7) is 5.18. The Labute approximate surface area is 79.7 Å². The number of carbonyl (C=O) groups excluding carboxylic acids is 1. The zero-order valence-corrected chi connectivity index (χ0v) is 8.68. The van der Waals surface area contributed by atoms with Gasteiger partial charge < -0.3 is 4.90 Å².